The number of benzene rings is 2. The van der Waals surface area contributed by atoms with E-state index in [0.29, 0.717) is 22.9 Å². The van der Waals surface area contributed by atoms with E-state index in [9.17, 15) is 9.59 Å². The van der Waals surface area contributed by atoms with Crippen LogP contribution in [0.2, 0.25) is 0 Å². The largest absolute Gasteiger partial charge is 0.497 e. The van der Waals surface area contributed by atoms with Crippen LogP contribution in [0.4, 0.5) is 11.4 Å². The first-order chi connectivity index (χ1) is 14.7. The zero-order valence-electron chi connectivity index (χ0n) is 16.9. The molecule has 2 heterocycles. The van der Waals surface area contributed by atoms with Crippen LogP contribution in [0.15, 0.2) is 48.5 Å². The van der Waals surface area contributed by atoms with E-state index in [1.54, 1.807) is 48.0 Å². The van der Waals surface area contributed by atoms with E-state index in [1.807, 2.05) is 24.3 Å². The summed E-state index contributed by atoms with van der Waals surface area (Å²) in [6.07, 6.45) is 0. The molecule has 1 unspecified atom stereocenters. The van der Waals surface area contributed by atoms with E-state index in [2.05, 4.69) is 10.2 Å². The Balaban J connectivity index is 1.41. The molecule has 2 aliphatic rings. The van der Waals surface area contributed by atoms with Crippen molar-refractivity contribution < 1.29 is 19.1 Å². The fraction of sp³-hybridized carbons (Fsp3) is 0.364. The number of carbonyl (C=O) groups is 2. The van der Waals surface area contributed by atoms with Crippen LogP contribution in [0.25, 0.3) is 0 Å². The molecule has 2 aliphatic heterocycles. The number of ether oxygens (including phenoxy) is 2. The quantitative estimate of drug-likeness (QED) is 0.791. The van der Waals surface area contributed by atoms with Crippen LogP contribution in [0.1, 0.15) is 10.4 Å². The van der Waals surface area contributed by atoms with Crippen LogP contribution in [-0.2, 0) is 9.53 Å². The first-order valence-electron chi connectivity index (χ1n) is 9.92. The smallest absolute Gasteiger partial charge is 0.255 e. The van der Waals surface area contributed by atoms with Gasteiger partial charge in [-0.1, -0.05) is 0 Å². The zero-order chi connectivity index (χ0) is 20.9. The lowest BCUT2D eigenvalue weighted by atomic mass is 10.1. The number of morpholine rings is 1. The maximum atomic E-state index is 13.1. The summed E-state index contributed by atoms with van der Waals surface area (Å²) >= 11 is 1.59. The molecule has 30 heavy (non-hydrogen) atoms. The lowest BCUT2D eigenvalue weighted by Crippen LogP contribution is -2.44. The third-order valence-corrected chi connectivity index (χ3v) is 6.31. The summed E-state index contributed by atoms with van der Waals surface area (Å²) < 4.78 is 10.5. The molecule has 0 radical (unpaired) electrons. The average Bonchev–Trinajstić information content (AvgIpc) is 3.30. The summed E-state index contributed by atoms with van der Waals surface area (Å²) in [5, 5.41) is 2.90. The first kappa shape index (κ1) is 20.6. The van der Waals surface area contributed by atoms with E-state index < -0.39 is 6.04 Å². The van der Waals surface area contributed by atoms with E-state index in [-0.39, 0.29) is 11.8 Å². The molecule has 7 nitrogen and oxygen atoms in total. The molecule has 0 aromatic heterocycles. The van der Waals surface area contributed by atoms with Crippen LogP contribution in [0, 0.1) is 0 Å². The van der Waals surface area contributed by atoms with Gasteiger partial charge in [0.05, 0.1) is 26.2 Å². The topological polar surface area (TPSA) is 71.1 Å². The maximum Gasteiger partial charge on any atom is 0.255 e. The molecule has 158 valence electrons. The van der Waals surface area contributed by atoms with Crippen molar-refractivity contribution in [2.24, 2.45) is 0 Å². The second kappa shape index (κ2) is 9.40. The number of nitrogens with zero attached hydrogens (tertiary/aromatic N) is 2. The number of carbonyl (C=O) groups excluding carboxylic acids is 2. The van der Waals surface area contributed by atoms with Gasteiger partial charge >= 0.3 is 0 Å². The maximum absolute atomic E-state index is 13.1. The fourth-order valence-corrected chi connectivity index (χ4v) is 4.72. The lowest BCUT2D eigenvalue weighted by Gasteiger charge is -2.29. The van der Waals surface area contributed by atoms with Gasteiger partial charge in [0, 0.05) is 35.8 Å². The number of methoxy groups -OCH3 is 1. The molecule has 8 heteroatoms. The molecule has 2 amide bonds. The van der Waals surface area contributed by atoms with Crippen molar-refractivity contribution in [3.8, 4) is 5.75 Å². The van der Waals surface area contributed by atoms with Crippen molar-refractivity contribution in [2.45, 2.75) is 6.04 Å². The van der Waals surface area contributed by atoms with Gasteiger partial charge in [-0.25, -0.2) is 0 Å². The molecular weight excluding hydrogens is 402 g/mol. The molecule has 0 aliphatic carbocycles. The second-order valence-corrected chi connectivity index (χ2v) is 8.15. The van der Waals surface area contributed by atoms with Gasteiger partial charge in [-0.2, -0.15) is 0 Å². The van der Waals surface area contributed by atoms with Gasteiger partial charge in [-0.05, 0) is 48.5 Å². The Morgan fingerprint density at radius 3 is 2.43 bits per heavy atom. The highest BCUT2D eigenvalue weighted by molar-refractivity contribution is 7.99. The first-order valence-corrected chi connectivity index (χ1v) is 11.1. The average molecular weight is 428 g/mol. The number of nitrogens with one attached hydrogen (secondary N) is 1. The van der Waals surface area contributed by atoms with Crippen molar-refractivity contribution in [1.82, 2.24) is 4.90 Å². The highest BCUT2D eigenvalue weighted by Gasteiger charge is 2.35. The molecule has 0 spiro atoms. The minimum Gasteiger partial charge on any atom is -0.497 e. The van der Waals surface area contributed by atoms with Gasteiger partial charge in [0.15, 0.2) is 0 Å². The third kappa shape index (κ3) is 4.55. The summed E-state index contributed by atoms with van der Waals surface area (Å²) in [5.41, 5.74) is 2.36. The van der Waals surface area contributed by atoms with Gasteiger partial charge in [0.1, 0.15) is 11.8 Å². The summed E-state index contributed by atoms with van der Waals surface area (Å²) in [6.45, 7) is 3.14. The Labute approximate surface area is 180 Å². The predicted molar refractivity (Wildman–Crippen MR) is 118 cm³/mol. The molecule has 1 N–H and O–H groups in total. The van der Waals surface area contributed by atoms with Gasteiger partial charge in [0.25, 0.3) is 5.91 Å². The van der Waals surface area contributed by atoms with E-state index in [4.69, 9.17) is 9.47 Å². The standard InChI is InChI=1S/C22H25N3O4S/c1-28-19-8-4-17(5-9-19)23-21(26)20-14-30-15-25(20)22(27)16-2-6-18(7-3-16)24-10-12-29-13-11-24/h2-9,20H,10-15H2,1H3,(H,23,26). The molecule has 2 aromatic rings. The van der Waals surface area contributed by atoms with Crippen molar-refractivity contribution in [1.29, 1.82) is 0 Å². The van der Waals surface area contributed by atoms with Crippen LogP contribution in [0.5, 0.6) is 5.75 Å². The second-order valence-electron chi connectivity index (χ2n) is 7.15. The molecule has 2 fully saturated rings. The highest BCUT2D eigenvalue weighted by atomic mass is 32.2. The van der Waals surface area contributed by atoms with Gasteiger partial charge < -0.3 is 24.6 Å². The van der Waals surface area contributed by atoms with Crippen molar-refractivity contribution in [3.63, 3.8) is 0 Å². The lowest BCUT2D eigenvalue weighted by molar-refractivity contribution is -0.119. The Kier molecular flexibility index (Phi) is 6.44. The summed E-state index contributed by atoms with van der Waals surface area (Å²) in [5.74, 6) is 1.51. The van der Waals surface area contributed by atoms with E-state index >= 15 is 0 Å². The molecule has 0 saturated carbocycles. The number of amides is 2. The van der Waals surface area contributed by atoms with Gasteiger partial charge in [-0.3, -0.25) is 9.59 Å². The summed E-state index contributed by atoms with van der Waals surface area (Å²) in [4.78, 5) is 29.8. The summed E-state index contributed by atoms with van der Waals surface area (Å²) in [6, 6.07) is 14.3. The van der Waals surface area contributed by atoms with Crippen LogP contribution in [0.3, 0.4) is 0 Å². The molecule has 2 aromatic carbocycles. The minimum absolute atomic E-state index is 0.122. The molecule has 0 bridgehead atoms. The van der Waals surface area contributed by atoms with Crippen molar-refractivity contribution in [2.75, 3.05) is 55.3 Å². The van der Waals surface area contributed by atoms with Gasteiger partial charge in [0.2, 0.25) is 5.91 Å². The van der Waals surface area contributed by atoms with Crippen molar-refractivity contribution >= 4 is 35.0 Å². The monoisotopic (exact) mass is 427 g/mol. The number of hydrogen-bond donors (Lipinski definition) is 1. The van der Waals surface area contributed by atoms with E-state index in [1.165, 1.54) is 0 Å². The van der Waals surface area contributed by atoms with E-state index in [0.717, 1.165) is 37.7 Å². The molecule has 1 atom stereocenters. The fourth-order valence-electron chi connectivity index (χ4n) is 3.56. The Hall–Kier alpha value is -2.71. The minimum atomic E-state index is -0.497. The van der Waals surface area contributed by atoms with Gasteiger partial charge in [-0.15, -0.1) is 11.8 Å². The molecule has 4 rings (SSSR count). The molecule has 2 saturated heterocycles. The van der Waals surface area contributed by atoms with Crippen LogP contribution >= 0.6 is 11.8 Å². The Morgan fingerprint density at radius 2 is 1.77 bits per heavy atom. The number of rotatable bonds is 5. The summed E-state index contributed by atoms with van der Waals surface area (Å²) in [7, 11) is 1.60. The Morgan fingerprint density at radius 1 is 1.07 bits per heavy atom. The molecular formula is C22H25N3O4S. The SMILES string of the molecule is COc1ccc(NC(=O)C2CSCN2C(=O)c2ccc(N3CCOCC3)cc2)cc1. The predicted octanol–water partition coefficient (Wildman–Crippen LogP) is 2.69. The number of thioether (sulfide) groups is 1. The third-order valence-electron chi connectivity index (χ3n) is 5.29. The van der Waals surface area contributed by atoms with Crippen LogP contribution < -0.4 is 15.0 Å². The number of hydrogen-bond acceptors (Lipinski definition) is 6. The highest BCUT2D eigenvalue weighted by Crippen LogP contribution is 2.26. The normalized spacial score (nSPS) is 18.9. The number of anilines is 2. The zero-order valence-corrected chi connectivity index (χ0v) is 17.7. The Bertz CT molecular complexity index is 882. The van der Waals surface area contributed by atoms with Crippen LogP contribution in [-0.4, -0.2) is 67.8 Å². The van der Waals surface area contributed by atoms with Crippen molar-refractivity contribution in [3.05, 3.63) is 54.1 Å².